The molecule has 1 aliphatic heterocycles. The molecule has 1 aliphatic rings. The molecule has 0 aliphatic carbocycles. The van der Waals surface area contributed by atoms with Gasteiger partial charge in [-0.05, 0) is 11.6 Å². The number of pyridine rings is 1. The van der Waals surface area contributed by atoms with Crippen LogP contribution >= 0.6 is 0 Å². The summed E-state index contributed by atoms with van der Waals surface area (Å²) in [5.74, 6) is 0.706. The Hall–Kier alpha value is -2.25. The average molecular weight is 356 g/mol. The average Bonchev–Trinajstić information content (AvgIpc) is 2.97. The van der Waals surface area contributed by atoms with Crippen molar-refractivity contribution in [2.24, 2.45) is 7.05 Å². The van der Waals surface area contributed by atoms with Gasteiger partial charge < -0.3 is 10.6 Å². The van der Waals surface area contributed by atoms with Crippen LogP contribution in [0.15, 0.2) is 30.6 Å². The van der Waals surface area contributed by atoms with E-state index in [1.165, 1.54) is 0 Å². The summed E-state index contributed by atoms with van der Waals surface area (Å²) in [6.45, 7) is 9.20. The summed E-state index contributed by atoms with van der Waals surface area (Å²) >= 11 is 0. The van der Waals surface area contributed by atoms with Gasteiger partial charge in [-0.1, -0.05) is 26.8 Å². The lowest BCUT2D eigenvalue weighted by Crippen LogP contribution is -2.48. The number of rotatable bonds is 4. The van der Waals surface area contributed by atoms with Gasteiger partial charge in [-0.3, -0.25) is 19.4 Å². The summed E-state index contributed by atoms with van der Waals surface area (Å²) < 4.78 is 1.73. The van der Waals surface area contributed by atoms with Crippen molar-refractivity contribution in [1.82, 2.24) is 25.0 Å². The Morgan fingerprint density at radius 2 is 2.23 bits per heavy atom. The van der Waals surface area contributed by atoms with Gasteiger partial charge in [0.1, 0.15) is 5.82 Å². The summed E-state index contributed by atoms with van der Waals surface area (Å²) in [6, 6.07) is 6.10. The second-order valence-electron chi connectivity index (χ2n) is 7.81. The largest absolute Gasteiger partial charge is 0.314 e. The number of hydrogen-bond donors (Lipinski definition) is 2. The summed E-state index contributed by atoms with van der Waals surface area (Å²) in [7, 11) is 1.86. The highest BCUT2D eigenvalue weighted by molar-refractivity contribution is 5.91. The molecule has 1 fully saturated rings. The van der Waals surface area contributed by atoms with Crippen LogP contribution in [0.5, 0.6) is 0 Å². The van der Waals surface area contributed by atoms with Gasteiger partial charge in [0.05, 0.1) is 12.2 Å². The Labute approximate surface area is 154 Å². The zero-order valence-electron chi connectivity index (χ0n) is 16.0. The maximum absolute atomic E-state index is 12.6. The van der Waals surface area contributed by atoms with Crippen LogP contribution in [0, 0.1) is 0 Å². The fraction of sp³-hybridized carbons (Fsp3) is 0.526. The van der Waals surface area contributed by atoms with Gasteiger partial charge in [0, 0.05) is 56.6 Å². The topological polar surface area (TPSA) is 75.1 Å². The Bertz CT molecular complexity index is 749. The molecule has 3 heterocycles. The maximum atomic E-state index is 12.6. The zero-order valence-corrected chi connectivity index (χ0v) is 16.0. The molecule has 1 unspecified atom stereocenters. The standard InChI is InChI=1S/C19H28N6O/c1-19(2,3)16-10-17(24(4)23-16)22-18(26)13-25-9-8-21-12-15(25)14-6-5-7-20-11-14/h5-7,10-11,15,21H,8-9,12-13H2,1-4H3,(H,22,26). The lowest BCUT2D eigenvalue weighted by atomic mass is 9.92. The molecule has 0 radical (unpaired) electrons. The van der Waals surface area contributed by atoms with Gasteiger partial charge in [-0.25, -0.2) is 0 Å². The van der Waals surface area contributed by atoms with E-state index in [2.05, 4.69) is 52.5 Å². The number of carbonyl (C=O) groups excluding carboxylic acids is 1. The van der Waals surface area contributed by atoms with E-state index in [-0.39, 0.29) is 17.4 Å². The minimum Gasteiger partial charge on any atom is -0.314 e. The first-order chi connectivity index (χ1) is 12.3. The normalized spacial score (nSPS) is 18.7. The molecule has 2 aromatic heterocycles. The van der Waals surface area contributed by atoms with E-state index in [4.69, 9.17) is 0 Å². The predicted octanol–water partition coefficient (Wildman–Crippen LogP) is 1.70. The molecule has 2 N–H and O–H groups in total. The first-order valence-electron chi connectivity index (χ1n) is 9.03. The molecule has 3 rings (SSSR count). The van der Waals surface area contributed by atoms with Crippen LogP contribution < -0.4 is 10.6 Å². The minimum atomic E-state index is -0.0509. The molecular weight excluding hydrogens is 328 g/mol. The van der Waals surface area contributed by atoms with E-state index in [0.717, 1.165) is 36.7 Å². The number of nitrogens with one attached hydrogen (secondary N) is 2. The van der Waals surface area contributed by atoms with Crippen LogP contribution in [0.1, 0.15) is 38.1 Å². The number of carbonyl (C=O) groups is 1. The van der Waals surface area contributed by atoms with Crippen LogP contribution in [0.25, 0.3) is 0 Å². The number of aryl methyl sites for hydroxylation is 1. The van der Waals surface area contributed by atoms with Crippen molar-refractivity contribution >= 4 is 11.7 Å². The van der Waals surface area contributed by atoms with Crippen molar-refractivity contribution in [2.45, 2.75) is 32.2 Å². The van der Waals surface area contributed by atoms with Gasteiger partial charge in [-0.2, -0.15) is 5.10 Å². The van der Waals surface area contributed by atoms with E-state index in [9.17, 15) is 4.79 Å². The van der Waals surface area contributed by atoms with Crippen molar-refractivity contribution in [3.8, 4) is 0 Å². The van der Waals surface area contributed by atoms with Gasteiger partial charge >= 0.3 is 0 Å². The number of hydrogen-bond acceptors (Lipinski definition) is 5. The van der Waals surface area contributed by atoms with Gasteiger partial charge in [-0.15, -0.1) is 0 Å². The second-order valence-corrected chi connectivity index (χ2v) is 7.81. The molecule has 26 heavy (non-hydrogen) atoms. The van der Waals surface area contributed by atoms with Crippen LogP contribution in [0.4, 0.5) is 5.82 Å². The molecule has 0 saturated carbocycles. The van der Waals surface area contributed by atoms with E-state index < -0.39 is 0 Å². The monoisotopic (exact) mass is 356 g/mol. The summed E-state index contributed by atoms with van der Waals surface area (Å²) in [5.41, 5.74) is 2.04. The summed E-state index contributed by atoms with van der Waals surface area (Å²) in [4.78, 5) is 19.0. The predicted molar refractivity (Wildman–Crippen MR) is 102 cm³/mol. The number of amides is 1. The first-order valence-corrected chi connectivity index (χ1v) is 9.03. The second kappa shape index (κ2) is 7.55. The maximum Gasteiger partial charge on any atom is 0.239 e. The van der Waals surface area contributed by atoms with Crippen LogP contribution in [-0.2, 0) is 17.3 Å². The molecule has 0 spiro atoms. The molecular formula is C19H28N6O. The third-order valence-electron chi connectivity index (χ3n) is 4.69. The third-order valence-corrected chi connectivity index (χ3v) is 4.69. The quantitative estimate of drug-likeness (QED) is 0.872. The van der Waals surface area contributed by atoms with E-state index in [1.54, 1.807) is 10.9 Å². The highest BCUT2D eigenvalue weighted by Gasteiger charge is 2.26. The Balaban J connectivity index is 1.68. The van der Waals surface area contributed by atoms with Gasteiger partial charge in [0.25, 0.3) is 0 Å². The van der Waals surface area contributed by atoms with E-state index in [1.807, 2.05) is 25.4 Å². The van der Waals surface area contributed by atoms with Gasteiger partial charge in [0.2, 0.25) is 5.91 Å². The van der Waals surface area contributed by atoms with Crippen LogP contribution in [-0.4, -0.2) is 51.8 Å². The van der Waals surface area contributed by atoms with Crippen LogP contribution in [0.3, 0.4) is 0 Å². The van der Waals surface area contributed by atoms with Crippen molar-refractivity contribution in [3.05, 3.63) is 41.9 Å². The number of aromatic nitrogens is 3. The highest BCUT2D eigenvalue weighted by Crippen LogP contribution is 2.24. The first kappa shape index (κ1) is 18.5. The molecule has 2 aromatic rings. The minimum absolute atomic E-state index is 0.0238. The number of piperazine rings is 1. The molecule has 0 aromatic carbocycles. The fourth-order valence-electron chi connectivity index (χ4n) is 3.15. The Kier molecular flexibility index (Phi) is 5.38. The molecule has 7 heteroatoms. The fourth-order valence-corrected chi connectivity index (χ4v) is 3.15. The third kappa shape index (κ3) is 4.28. The molecule has 1 saturated heterocycles. The molecule has 1 amide bonds. The molecule has 140 valence electrons. The molecule has 1 atom stereocenters. The Morgan fingerprint density at radius 1 is 1.42 bits per heavy atom. The Morgan fingerprint density at radius 3 is 2.88 bits per heavy atom. The van der Waals surface area contributed by atoms with Crippen molar-refractivity contribution in [3.63, 3.8) is 0 Å². The SMILES string of the molecule is Cn1nc(C(C)(C)C)cc1NC(=O)CN1CCNCC1c1cccnc1. The van der Waals surface area contributed by atoms with E-state index >= 15 is 0 Å². The lowest BCUT2D eigenvalue weighted by Gasteiger charge is -2.35. The number of nitrogens with zero attached hydrogens (tertiary/aromatic N) is 4. The lowest BCUT2D eigenvalue weighted by molar-refractivity contribution is -0.118. The highest BCUT2D eigenvalue weighted by atomic mass is 16.2. The van der Waals surface area contributed by atoms with Crippen molar-refractivity contribution in [1.29, 1.82) is 0 Å². The zero-order chi connectivity index (χ0) is 18.7. The van der Waals surface area contributed by atoms with Crippen LogP contribution in [0.2, 0.25) is 0 Å². The van der Waals surface area contributed by atoms with Gasteiger partial charge in [0.15, 0.2) is 0 Å². The van der Waals surface area contributed by atoms with Crippen molar-refractivity contribution < 1.29 is 4.79 Å². The van der Waals surface area contributed by atoms with Crippen molar-refractivity contribution in [2.75, 3.05) is 31.5 Å². The summed E-state index contributed by atoms with van der Waals surface area (Å²) in [6.07, 6.45) is 3.64. The molecule has 7 nitrogen and oxygen atoms in total. The van der Waals surface area contributed by atoms with E-state index in [0.29, 0.717) is 6.54 Å². The summed E-state index contributed by atoms with van der Waals surface area (Å²) in [5, 5.41) is 10.9. The smallest absolute Gasteiger partial charge is 0.239 e. The number of anilines is 1. The molecule has 0 bridgehead atoms.